The van der Waals surface area contributed by atoms with Crippen molar-refractivity contribution in [3.63, 3.8) is 0 Å². The van der Waals surface area contributed by atoms with Crippen LogP contribution in [0.3, 0.4) is 0 Å². The first kappa shape index (κ1) is 11.9. The third-order valence-electron chi connectivity index (χ3n) is 2.78. The molecule has 17 heavy (non-hydrogen) atoms. The monoisotopic (exact) mass is 229 g/mol. The molecular weight excluding hydrogens is 210 g/mol. The molecule has 2 rings (SSSR count). The van der Waals surface area contributed by atoms with Gasteiger partial charge in [0, 0.05) is 18.7 Å². The third kappa shape index (κ3) is 2.76. The maximum Gasteiger partial charge on any atom is 0.254 e. The third-order valence-corrected chi connectivity index (χ3v) is 2.78. The van der Waals surface area contributed by atoms with E-state index in [9.17, 15) is 4.79 Å². The Kier molecular flexibility index (Phi) is 3.05. The minimum atomic E-state index is 0.148. The van der Waals surface area contributed by atoms with Gasteiger partial charge in [-0.15, -0.1) is 0 Å². The van der Waals surface area contributed by atoms with Gasteiger partial charge in [-0.3, -0.25) is 4.79 Å². The second-order valence-corrected chi connectivity index (χ2v) is 5.73. The van der Waals surface area contributed by atoms with Gasteiger partial charge >= 0.3 is 0 Å². The van der Waals surface area contributed by atoms with Crippen molar-refractivity contribution in [1.29, 1.82) is 0 Å². The summed E-state index contributed by atoms with van der Waals surface area (Å²) in [6, 6.07) is 9.89. The zero-order valence-corrected chi connectivity index (χ0v) is 10.7. The second kappa shape index (κ2) is 4.36. The summed E-state index contributed by atoms with van der Waals surface area (Å²) in [6.07, 6.45) is 2.03. The summed E-state index contributed by atoms with van der Waals surface area (Å²) in [7, 11) is 0. The molecule has 0 bridgehead atoms. The predicted molar refractivity (Wildman–Crippen MR) is 70.5 cm³/mol. The van der Waals surface area contributed by atoms with Gasteiger partial charge in [0.2, 0.25) is 0 Å². The van der Waals surface area contributed by atoms with Gasteiger partial charge in [0.1, 0.15) is 0 Å². The molecule has 0 unspecified atom stereocenters. The predicted octanol–water partition coefficient (Wildman–Crippen LogP) is 2.96. The van der Waals surface area contributed by atoms with Gasteiger partial charge in [-0.25, -0.2) is 0 Å². The fourth-order valence-corrected chi connectivity index (χ4v) is 2.11. The molecule has 2 heteroatoms. The average molecular weight is 229 g/mol. The highest BCUT2D eigenvalue weighted by molar-refractivity contribution is 6.21. The second-order valence-electron chi connectivity index (χ2n) is 5.73. The van der Waals surface area contributed by atoms with Gasteiger partial charge in [0.15, 0.2) is 0 Å². The smallest absolute Gasteiger partial charge is 0.254 e. The molecule has 0 aliphatic carbocycles. The first-order valence-electron chi connectivity index (χ1n) is 6.02. The lowest BCUT2D eigenvalue weighted by molar-refractivity contribution is -0.124. The number of carbonyl (C=O) groups excluding carboxylic acids is 1. The van der Waals surface area contributed by atoms with E-state index in [1.54, 1.807) is 0 Å². The summed E-state index contributed by atoms with van der Waals surface area (Å²) in [6.45, 7) is 8.00. The van der Waals surface area contributed by atoms with Crippen molar-refractivity contribution in [3.8, 4) is 0 Å². The van der Waals surface area contributed by atoms with Crippen molar-refractivity contribution in [2.24, 2.45) is 5.41 Å². The zero-order chi connectivity index (χ0) is 12.5. The Bertz CT molecular complexity index is 440. The van der Waals surface area contributed by atoms with Gasteiger partial charge < -0.3 is 4.90 Å². The lowest BCUT2D eigenvalue weighted by Crippen LogP contribution is -2.34. The molecule has 1 amide bonds. The standard InChI is InChI=1S/C15H19NO/c1-15(2,3)11-16-10-9-13(14(16)17)12-7-5-4-6-8-12/h4-9H,10-11H2,1-3H3. The molecule has 0 atom stereocenters. The summed E-state index contributed by atoms with van der Waals surface area (Å²) in [5.41, 5.74) is 2.01. The van der Waals surface area contributed by atoms with Crippen LogP contribution in [0.15, 0.2) is 36.4 Å². The van der Waals surface area contributed by atoms with Crippen LogP contribution >= 0.6 is 0 Å². The van der Waals surface area contributed by atoms with Crippen molar-refractivity contribution in [2.75, 3.05) is 13.1 Å². The molecule has 1 aliphatic heterocycles. The molecule has 1 heterocycles. The van der Waals surface area contributed by atoms with Crippen LogP contribution in [0.4, 0.5) is 0 Å². The Hall–Kier alpha value is -1.57. The van der Waals surface area contributed by atoms with Crippen LogP contribution in [0.25, 0.3) is 5.57 Å². The van der Waals surface area contributed by atoms with Gasteiger partial charge in [0.25, 0.3) is 5.91 Å². The van der Waals surface area contributed by atoms with Crippen LogP contribution in [-0.2, 0) is 4.79 Å². The molecule has 0 N–H and O–H groups in total. The van der Waals surface area contributed by atoms with E-state index >= 15 is 0 Å². The van der Waals surface area contributed by atoms with Crippen LogP contribution in [0.5, 0.6) is 0 Å². The summed E-state index contributed by atoms with van der Waals surface area (Å²) in [5.74, 6) is 0.158. The van der Waals surface area contributed by atoms with E-state index in [0.29, 0.717) is 0 Å². The molecule has 0 saturated heterocycles. The Balaban J connectivity index is 2.13. The largest absolute Gasteiger partial charge is 0.334 e. The quantitative estimate of drug-likeness (QED) is 0.763. The maximum absolute atomic E-state index is 12.2. The highest BCUT2D eigenvalue weighted by atomic mass is 16.2. The molecule has 0 aromatic heterocycles. The number of carbonyl (C=O) groups is 1. The van der Waals surface area contributed by atoms with Crippen molar-refractivity contribution in [3.05, 3.63) is 42.0 Å². The van der Waals surface area contributed by atoms with Gasteiger partial charge in [-0.05, 0) is 11.0 Å². The van der Waals surface area contributed by atoms with Crippen LogP contribution in [-0.4, -0.2) is 23.9 Å². The number of rotatable bonds is 2. The van der Waals surface area contributed by atoms with Crippen LogP contribution in [0, 0.1) is 5.41 Å². The molecule has 0 radical (unpaired) electrons. The number of hydrogen-bond donors (Lipinski definition) is 0. The van der Waals surface area contributed by atoms with E-state index in [1.807, 2.05) is 41.3 Å². The zero-order valence-electron chi connectivity index (χ0n) is 10.7. The summed E-state index contributed by atoms with van der Waals surface area (Å²) in [4.78, 5) is 14.2. The van der Waals surface area contributed by atoms with Crippen molar-refractivity contribution in [2.45, 2.75) is 20.8 Å². The minimum Gasteiger partial charge on any atom is -0.334 e. The normalized spacial score (nSPS) is 16.3. The molecule has 0 spiro atoms. The summed E-state index contributed by atoms with van der Waals surface area (Å²) in [5, 5.41) is 0. The van der Waals surface area contributed by atoms with E-state index < -0.39 is 0 Å². The SMILES string of the molecule is CC(C)(C)CN1CC=C(c2ccccc2)C1=O. The highest BCUT2D eigenvalue weighted by Gasteiger charge is 2.27. The fraction of sp³-hybridized carbons (Fsp3) is 0.400. The highest BCUT2D eigenvalue weighted by Crippen LogP contribution is 2.25. The van der Waals surface area contributed by atoms with Gasteiger partial charge in [-0.2, -0.15) is 0 Å². The van der Waals surface area contributed by atoms with Crippen LogP contribution in [0.2, 0.25) is 0 Å². The van der Waals surface area contributed by atoms with Crippen molar-refractivity contribution >= 4 is 11.5 Å². The number of amides is 1. The number of benzene rings is 1. The molecule has 2 nitrogen and oxygen atoms in total. The first-order valence-corrected chi connectivity index (χ1v) is 6.02. The summed E-state index contributed by atoms with van der Waals surface area (Å²) < 4.78 is 0. The Labute approximate surface area is 103 Å². The topological polar surface area (TPSA) is 20.3 Å². The van der Waals surface area contributed by atoms with Crippen molar-refractivity contribution < 1.29 is 4.79 Å². The molecule has 1 aliphatic rings. The first-order chi connectivity index (χ1) is 7.97. The summed E-state index contributed by atoms with van der Waals surface area (Å²) >= 11 is 0. The molecule has 90 valence electrons. The van der Waals surface area contributed by atoms with E-state index in [1.165, 1.54) is 0 Å². The number of hydrogen-bond acceptors (Lipinski definition) is 1. The lowest BCUT2D eigenvalue weighted by Gasteiger charge is -2.26. The minimum absolute atomic E-state index is 0.148. The van der Waals surface area contributed by atoms with Gasteiger partial charge in [0.05, 0.1) is 0 Å². The van der Waals surface area contributed by atoms with E-state index in [4.69, 9.17) is 0 Å². The molecule has 0 saturated carbocycles. The Morgan fingerprint density at radius 1 is 1.18 bits per heavy atom. The molecule has 0 fully saturated rings. The maximum atomic E-state index is 12.2. The molecule has 1 aromatic carbocycles. The molecule has 1 aromatic rings. The Morgan fingerprint density at radius 3 is 2.41 bits per heavy atom. The van der Waals surface area contributed by atoms with Crippen LogP contribution < -0.4 is 0 Å². The molecular formula is C15H19NO. The van der Waals surface area contributed by atoms with E-state index in [-0.39, 0.29) is 11.3 Å². The lowest BCUT2D eigenvalue weighted by atomic mass is 9.96. The van der Waals surface area contributed by atoms with Crippen molar-refractivity contribution in [1.82, 2.24) is 4.90 Å². The van der Waals surface area contributed by atoms with Crippen LogP contribution in [0.1, 0.15) is 26.3 Å². The average Bonchev–Trinajstić information content (AvgIpc) is 2.60. The van der Waals surface area contributed by atoms with E-state index in [0.717, 1.165) is 24.2 Å². The number of nitrogens with zero attached hydrogens (tertiary/aromatic N) is 1. The Morgan fingerprint density at radius 2 is 1.82 bits per heavy atom. The van der Waals surface area contributed by atoms with Gasteiger partial charge in [-0.1, -0.05) is 57.2 Å². The van der Waals surface area contributed by atoms with E-state index in [2.05, 4.69) is 20.8 Å². The fourth-order valence-electron chi connectivity index (χ4n) is 2.11.